The first-order chi connectivity index (χ1) is 11.5. The van der Waals surface area contributed by atoms with Crippen LogP contribution in [0.5, 0.6) is 0 Å². The van der Waals surface area contributed by atoms with Crippen LogP contribution in [0.25, 0.3) is 0 Å². The number of primary amides is 1. The number of rotatable bonds is 4. The molecule has 6 heteroatoms. The van der Waals surface area contributed by atoms with Gasteiger partial charge in [-0.2, -0.15) is 5.10 Å². The molecule has 122 valence electrons. The number of amides is 2. The Morgan fingerprint density at radius 2 is 1.96 bits per heavy atom. The van der Waals surface area contributed by atoms with Gasteiger partial charge >= 0.3 is 0 Å². The topological polar surface area (TPSA) is 88.7 Å². The molecule has 2 aromatic rings. The standard InChI is InChI=1S/C18H18N4O2/c1-22-16(23)10-14(17(21-22)18(19)24)15-8-7-13(11-20-15)9-12-5-3-2-4-6-12/h2-8,11,14H,9-10H2,1H3,(H2,19,24). The van der Waals surface area contributed by atoms with Crippen molar-refractivity contribution in [3.05, 3.63) is 65.5 Å². The van der Waals surface area contributed by atoms with Gasteiger partial charge in [-0.15, -0.1) is 0 Å². The molecule has 1 aliphatic heterocycles. The van der Waals surface area contributed by atoms with E-state index < -0.39 is 11.8 Å². The highest BCUT2D eigenvalue weighted by Gasteiger charge is 2.32. The summed E-state index contributed by atoms with van der Waals surface area (Å²) in [7, 11) is 1.51. The van der Waals surface area contributed by atoms with Crippen molar-refractivity contribution in [1.29, 1.82) is 0 Å². The number of nitrogens with zero attached hydrogens (tertiary/aromatic N) is 3. The first-order valence-corrected chi connectivity index (χ1v) is 7.68. The van der Waals surface area contributed by atoms with E-state index in [9.17, 15) is 9.59 Å². The number of benzene rings is 1. The molecule has 0 aliphatic carbocycles. The highest BCUT2D eigenvalue weighted by Crippen LogP contribution is 2.25. The van der Waals surface area contributed by atoms with E-state index in [1.165, 1.54) is 12.6 Å². The molecule has 1 unspecified atom stereocenters. The van der Waals surface area contributed by atoms with Crippen LogP contribution in [-0.2, 0) is 16.0 Å². The van der Waals surface area contributed by atoms with E-state index in [1.54, 1.807) is 6.20 Å². The number of hydrogen-bond acceptors (Lipinski definition) is 4. The summed E-state index contributed by atoms with van der Waals surface area (Å²) in [6.07, 6.45) is 2.68. The normalized spacial score (nSPS) is 17.5. The number of nitrogens with two attached hydrogens (primary N) is 1. The average Bonchev–Trinajstić information content (AvgIpc) is 2.58. The number of pyridine rings is 1. The minimum Gasteiger partial charge on any atom is -0.364 e. The van der Waals surface area contributed by atoms with Crippen LogP contribution in [0.4, 0.5) is 0 Å². The lowest BCUT2D eigenvalue weighted by Gasteiger charge is -2.25. The molecule has 3 rings (SSSR count). The highest BCUT2D eigenvalue weighted by molar-refractivity contribution is 6.41. The molecule has 2 heterocycles. The monoisotopic (exact) mass is 322 g/mol. The van der Waals surface area contributed by atoms with Gasteiger partial charge in [0.15, 0.2) is 0 Å². The summed E-state index contributed by atoms with van der Waals surface area (Å²) >= 11 is 0. The molecule has 6 nitrogen and oxygen atoms in total. The Morgan fingerprint density at radius 1 is 1.21 bits per heavy atom. The highest BCUT2D eigenvalue weighted by atomic mass is 16.2. The molecular formula is C18H18N4O2. The second kappa shape index (κ2) is 6.62. The van der Waals surface area contributed by atoms with Crippen LogP contribution in [0, 0.1) is 0 Å². The van der Waals surface area contributed by atoms with Crippen LogP contribution < -0.4 is 5.73 Å². The Balaban J connectivity index is 1.83. The van der Waals surface area contributed by atoms with Gasteiger partial charge in [0, 0.05) is 19.7 Å². The van der Waals surface area contributed by atoms with E-state index in [4.69, 9.17) is 5.73 Å². The van der Waals surface area contributed by atoms with E-state index in [2.05, 4.69) is 22.2 Å². The molecule has 0 spiro atoms. The van der Waals surface area contributed by atoms with Crippen molar-refractivity contribution in [1.82, 2.24) is 9.99 Å². The molecule has 2 N–H and O–H groups in total. The third kappa shape index (κ3) is 3.32. The van der Waals surface area contributed by atoms with E-state index in [0.717, 1.165) is 17.0 Å². The Labute approximate surface area is 140 Å². The second-order valence-corrected chi connectivity index (χ2v) is 5.78. The van der Waals surface area contributed by atoms with Crippen molar-refractivity contribution in [3.63, 3.8) is 0 Å². The summed E-state index contributed by atoms with van der Waals surface area (Å²) in [5.74, 6) is -1.29. The van der Waals surface area contributed by atoms with Crippen LogP contribution >= 0.6 is 0 Å². The Bertz CT molecular complexity index is 784. The second-order valence-electron chi connectivity index (χ2n) is 5.78. The summed E-state index contributed by atoms with van der Waals surface area (Å²) in [6, 6.07) is 13.9. The van der Waals surface area contributed by atoms with Gasteiger partial charge in [-0.3, -0.25) is 14.6 Å². The molecule has 0 bridgehead atoms. The van der Waals surface area contributed by atoms with Gasteiger partial charge < -0.3 is 5.73 Å². The molecule has 1 aromatic carbocycles. The fraction of sp³-hybridized carbons (Fsp3) is 0.222. The Hall–Kier alpha value is -3.02. The van der Waals surface area contributed by atoms with Gasteiger partial charge in [-0.1, -0.05) is 36.4 Å². The van der Waals surface area contributed by atoms with Gasteiger partial charge in [0.2, 0.25) is 5.91 Å². The minimum absolute atomic E-state index is 0.142. The van der Waals surface area contributed by atoms with E-state index in [-0.39, 0.29) is 18.0 Å². The number of carbonyl (C=O) groups excluding carboxylic acids is 2. The largest absolute Gasteiger partial charge is 0.364 e. The Kier molecular flexibility index (Phi) is 4.37. The zero-order valence-corrected chi connectivity index (χ0v) is 13.3. The van der Waals surface area contributed by atoms with Gasteiger partial charge in [0.25, 0.3) is 5.91 Å². The lowest BCUT2D eigenvalue weighted by molar-refractivity contribution is -0.130. The van der Waals surface area contributed by atoms with Crippen LogP contribution in [0.1, 0.15) is 29.2 Å². The van der Waals surface area contributed by atoms with Crippen molar-refractivity contribution in [2.45, 2.75) is 18.8 Å². The lowest BCUT2D eigenvalue weighted by Crippen LogP contribution is -2.39. The van der Waals surface area contributed by atoms with E-state index in [0.29, 0.717) is 5.69 Å². The van der Waals surface area contributed by atoms with Gasteiger partial charge in [0.1, 0.15) is 5.71 Å². The van der Waals surface area contributed by atoms with E-state index in [1.807, 2.05) is 30.3 Å². The van der Waals surface area contributed by atoms with Crippen molar-refractivity contribution in [2.75, 3.05) is 7.05 Å². The zero-order chi connectivity index (χ0) is 17.1. The summed E-state index contributed by atoms with van der Waals surface area (Å²) < 4.78 is 0. The number of aromatic nitrogens is 1. The van der Waals surface area contributed by atoms with E-state index >= 15 is 0 Å². The van der Waals surface area contributed by atoms with Crippen LogP contribution in [-0.4, -0.2) is 34.6 Å². The predicted molar refractivity (Wildman–Crippen MR) is 90.2 cm³/mol. The quantitative estimate of drug-likeness (QED) is 0.924. The average molecular weight is 322 g/mol. The smallest absolute Gasteiger partial charge is 0.265 e. The van der Waals surface area contributed by atoms with Crippen LogP contribution in [0.3, 0.4) is 0 Å². The molecule has 1 aliphatic rings. The number of hydrogen-bond donors (Lipinski definition) is 1. The van der Waals surface area contributed by atoms with Crippen molar-refractivity contribution in [3.8, 4) is 0 Å². The third-order valence-electron chi connectivity index (χ3n) is 4.04. The fourth-order valence-corrected chi connectivity index (χ4v) is 2.73. The molecule has 0 radical (unpaired) electrons. The summed E-state index contributed by atoms with van der Waals surface area (Å²) in [4.78, 5) is 27.9. The van der Waals surface area contributed by atoms with Crippen molar-refractivity contribution in [2.24, 2.45) is 10.8 Å². The molecule has 1 atom stereocenters. The maximum Gasteiger partial charge on any atom is 0.265 e. The molecule has 0 saturated heterocycles. The fourth-order valence-electron chi connectivity index (χ4n) is 2.73. The maximum absolute atomic E-state index is 11.9. The summed E-state index contributed by atoms with van der Waals surface area (Å²) in [6.45, 7) is 0. The molecular weight excluding hydrogens is 304 g/mol. The summed E-state index contributed by atoms with van der Waals surface area (Å²) in [5, 5.41) is 5.15. The first-order valence-electron chi connectivity index (χ1n) is 7.68. The number of hydrazone groups is 1. The molecule has 0 saturated carbocycles. The SMILES string of the molecule is CN1N=C(C(N)=O)C(c2ccc(Cc3ccccc3)cn2)CC1=O. The van der Waals surface area contributed by atoms with Gasteiger partial charge in [-0.05, 0) is 23.6 Å². The maximum atomic E-state index is 11.9. The van der Waals surface area contributed by atoms with Gasteiger partial charge in [0.05, 0.1) is 11.6 Å². The molecule has 2 amide bonds. The summed E-state index contributed by atoms with van der Waals surface area (Å²) in [5.41, 5.74) is 8.45. The molecule has 1 aromatic heterocycles. The predicted octanol–water partition coefficient (Wildman–Crippen LogP) is 1.46. The van der Waals surface area contributed by atoms with Gasteiger partial charge in [-0.25, -0.2) is 5.01 Å². The first kappa shape index (κ1) is 15.9. The molecule has 24 heavy (non-hydrogen) atoms. The minimum atomic E-state index is -0.630. The van der Waals surface area contributed by atoms with Crippen molar-refractivity contribution >= 4 is 17.5 Å². The van der Waals surface area contributed by atoms with Crippen LogP contribution in [0.15, 0.2) is 53.8 Å². The zero-order valence-electron chi connectivity index (χ0n) is 13.3. The van der Waals surface area contributed by atoms with Crippen LogP contribution in [0.2, 0.25) is 0 Å². The Morgan fingerprint density at radius 3 is 2.58 bits per heavy atom. The molecule has 0 fully saturated rings. The third-order valence-corrected chi connectivity index (χ3v) is 4.04. The number of carbonyl (C=O) groups is 2. The lowest BCUT2D eigenvalue weighted by atomic mass is 9.92. The van der Waals surface area contributed by atoms with Crippen molar-refractivity contribution < 1.29 is 9.59 Å².